The molecule has 0 radical (unpaired) electrons. The Kier molecular flexibility index (Phi) is 3.38. The molecule has 0 fully saturated rings. The highest BCUT2D eigenvalue weighted by Crippen LogP contribution is 2.30. The van der Waals surface area contributed by atoms with E-state index in [1.807, 2.05) is 0 Å². The van der Waals surface area contributed by atoms with Crippen molar-refractivity contribution in [2.45, 2.75) is 6.10 Å². The Labute approximate surface area is 107 Å². The van der Waals surface area contributed by atoms with E-state index in [0.717, 1.165) is 0 Å². The first-order chi connectivity index (χ1) is 8.00. The van der Waals surface area contributed by atoms with Gasteiger partial charge in [-0.2, -0.15) is 5.10 Å². The molecule has 2 rings (SSSR count). The molecule has 0 aliphatic carbocycles. The molecule has 0 bridgehead atoms. The molecule has 90 valence electrons. The Balaban J connectivity index is 2.50. The molecule has 1 heterocycles. The van der Waals surface area contributed by atoms with Gasteiger partial charge in [0.25, 0.3) is 0 Å². The van der Waals surface area contributed by atoms with Crippen molar-refractivity contribution in [1.29, 1.82) is 0 Å². The lowest BCUT2D eigenvalue weighted by Gasteiger charge is -2.13. The maximum atomic E-state index is 13.6. The molecule has 17 heavy (non-hydrogen) atoms. The van der Waals surface area contributed by atoms with Crippen molar-refractivity contribution in [3.05, 3.63) is 51.5 Å². The maximum absolute atomic E-state index is 13.6. The van der Waals surface area contributed by atoms with Crippen molar-refractivity contribution in [3.63, 3.8) is 0 Å². The highest BCUT2D eigenvalue weighted by Gasteiger charge is 2.21. The third-order valence-corrected chi connectivity index (χ3v) is 2.98. The van der Waals surface area contributed by atoms with Gasteiger partial charge >= 0.3 is 0 Å². The summed E-state index contributed by atoms with van der Waals surface area (Å²) in [6, 6.07) is 3.98. The molecule has 1 aromatic carbocycles. The van der Waals surface area contributed by atoms with Crippen LogP contribution < -0.4 is 0 Å². The van der Waals surface area contributed by atoms with Crippen LogP contribution in [-0.2, 0) is 7.05 Å². The summed E-state index contributed by atoms with van der Waals surface area (Å²) < 4.78 is 15.0. The number of aryl methyl sites for hydroxylation is 1. The van der Waals surface area contributed by atoms with Crippen molar-refractivity contribution in [2.75, 3.05) is 0 Å². The van der Waals surface area contributed by atoms with E-state index < -0.39 is 11.9 Å². The van der Waals surface area contributed by atoms with Gasteiger partial charge in [-0.05, 0) is 18.2 Å². The first-order valence-corrected chi connectivity index (χ1v) is 5.56. The van der Waals surface area contributed by atoms with Gasteiger partial charge in [0.15, 0.2) is 0 Å². The lowest BCUT2D eigenvalue weighted by molar-refractivity contribution is 0.204. The highest BCUT2D eigenvalue weighted by molar-refractivity contribution is 6.31. The average molecular weight is 275 g/mol. The van der Waals surface area contributed by atoms with Crippen molar-refractivity contribution in [2.24, 2.45) is 7.05 Å². The second kappa shape index (κ2) is 4.64. The van der Waals surface area contributed by atoms with Crippen molar-refractivity contribution in [1.82, 2.24) is 9.78 Å². The first-order valence-electron chi connectivity index (χ1n) is 4.81. The minimum Gasteiger partial charge on any atom is -0.382 e. The number of halogens is 3. The standard InChI is InChI=1S/C11H9Cl2FN2O/c1-16-10(8(13)5-15-16)11(17)7-4-6(12)2-3-9(7)14/h2-5,11,17H,1H3. The first kappa shape index (κ1) is 12.4. The molecule has 1 unspecified atom stereocenters. The molecule has 0 aliphatic heterocycles. The Morgan fingerprint density at radius 1 is 1.41 bits per heavy atom. The van der Waals surface area contributed by atoms with Crippen molar-refractivity contribution >= 4 is 23.2 Å². The van der Waals surface area contributed by atoms with Crippen LogP contribution in [0.15, 0.2) is 24.4 Å². The third kappa shape index (κ3) is 2.29. The SMILES string of the molecule is Cn1ncc(Cl)c1C(O)c1cc(Cl)ccc1F. The Morgan fingerprint density at radius 3 is 2.71 bits per heavy atom. The van der Waals surface area contributed by atoms with E-state index >= 15 is 0 Å². The Morgan fingerprint density at radius 2 is 2.12 bits per heavy atom. The Bertz CT molecular complexity index is 537. The van der Waals surface area contributed by atoms with Crippen LogP contribution in [-0.4, -0.2) is 14.9 Å². The summed E-state index contributed by atoms with van der Waals surface area (Å²) in [5, 5.41) is 14.6. The zero-order chi connectivity index (χ0) is 12.6. The fourth-order valence-electron chi connectivity index (χ4n) is 1.60. The predicted molar refractivity (Wildman–Crippen MR) is 63.7 cm³/mol. The molecule has 1 atom stereocenters. The molecule has 0 saturated heterocycles. The highest BCUT2D eigenvalue weighted by atomic mass is 35.5. The monoisotopic (exact) mass is 274 g/mol. The third-order valence-electron chi connectivity index (χ3n) is 2.45. The lowest BCUT2D eigenvalue weighted by Crippen LogP contribution is -2.09. The van der Waals surface area contributed by atoms with Gasteiger partial charge in [0, 0.05) is 17.6 Å². The van der Waals surface area contributed by atoms with Gasteiger partial charge in [-0.25, -0.2) is 4.39 Å². The quantitative estimate of drug-likeness (QED) is 0.915. The number of benzene rings is 1. The fourth-order valence-corrected chi connectivity index (χ4v) is 2.05. The zero-order valence-corrected chi connectivity index (χ0v) is 10.4. The van der Waals surface area contributed by atoms with E-state index in [1.165, 1.54) is 29.1 Å². The number of aliphatic hydroxyl groups is 1. The second-order valence-corrected chi connectivity index (χ2v) is 4.41. The smallest absolute Gasteiger partial charge is 0.129 e. The number of aromatic nitrogens is 2. The van der Waals surface area contributed by atoms with E-state index in [0.29, 0.717) is 10.7 Å². The zero-order valence-electron chi connectivity index (χ0n) is 8.86. The van der Waals surface area contributed by atoms with Gasteiger partial charge in [0.2, 0.25) is 0 Å². The number of hydrogen-bond donors (Lipinski definition) is 1. The molecule has 1 N–H and O–H groups in total. The van der Waals surface area contributed by atoms with Crippen LogP contribution in [0.5, 0.6) is 0 Å². The fraction of sp³-hybridized carbons (Fsp3) is 0.182. The van der Waals surface area contributed by atoms with Crippen LogP contribution in [0.25, 0.3) is 0 Å². The van der Waals surface area contributed by atoms with Crippen molar-refractivity contribution < 1.29 is 9.50 Å². The van der Waals surface area contributed by atoms with Crippen LogP contribution in [0.3, 0.4) is 0 Å². The number of hydrogen-bond acceptors (Lipinski definition) is 2. The van der Waals surface area contributed by atoms with E-state index in [2.05, 4.69) is 5.10 Å². The molecular formula is C11H9Cl2FN2O. The van der Waals surface area contributed by atoms with Gasteiger partial charge in [-0.1, -0.05) is 23.2 Å². The Hall–Kier alpha value is -1.10. The van der Waals surface area contributed by atoms with Crippen LogP contribution in [0.1, 0.15) is 17.4 Å². The maximum Gasteiger partial charge on any atom is 0.129 e. The predicted octanol–water partition coefficient (Wildman–Crippen LogP) is 2.95. The largest absolute Gasteiger partial charge is 0.382 e. The number of rotatable bonds is 2. The summed E-state index contributed by atoms with van der Waals surface area (Å²) in [7, 11) is 1.62. The van der Waals surface area contributed by atoms with Gasteiger partial charge in [0.05, 0.1) is 16.9 Å². The van der Waals surface area contributed by atoms with Crippen LogP contribution >= 0.6 is 23.2 Å². The molecule has 0 aliphatic rings. The molecule has 0 saturated carbocycles. The van der Waals surface area contributed by atoms with Crippen LogP contribution in [0.2, 0.25) is 10.0 Å². The molecule has 3 nitrogen and oxygen atoms in total. The van der Waals surface area contributed by atoms with Crippen LogP contribution in [0.4, 0.5) is 4.39 Å². The topological polar surface area (TPSA) is 38.0 Å². The molecule has 0 amide bonds. The van der Waals surface area contributed by atoms with Gasteiger partial charge < -0.3 is 5.11 Å². The lowest BCUT2D eigenvalue weighted by atomic mass is 10.1. The summed E-state index contributed by atoms with van der Waals surface area (Å²) >= 11 is 11.7. The van der Waals surface area contributed by atoms with E-state index in [4.69, 9.17) is 23.2 Å². The molecule has 2 aromatic rings. The minimum atomic E-state index is -1.20. The normalized spacial score (nSPS) is 12.8. The van der Waals surface area contributed by atoms with Gasteiger partial charge in [-0.3, -0.25) is 4.68 Å². The summed E-state index contributed by atoms with van der Waals surface area (Å²) in [6.45, 7) is 0. The van der Waals surface area contributed by atoms with E-state index in [-0.39, 0.29) is 10.6 Å². The summed E-state index contributed by atoms with van der Waals surface area (Å²) in [4.78, 5) is 0. The summed E-state index contributed by atoms with van der Waals surface area (Å²) in [5.41, 5.74) is 0.399. The van der Waals surface area contributed by atoms with E-state index in [1.54, 1.807) is 7.05 Å². The van der Waals surface area contributed by atoms with Gasteiger partial charge in [0.1, 0.15) is 11.9 Å². The van der Waals surface area contributed by atoms with Crippen molar-refractivity contribution in [3.8, 4) is 0 Å². The van der Waals surface area contributed by atoms with Gasteiger partial charge in [-0.15, -0.1) is 0 Å². The van der Waals surface area contributed by atoms with Crippen LogP contribution in [0, 0.1) is 5.82 Å². The average Bonchev–Trinajstić information content (AvgIpc) is 2.61. The summed E-state index contributed by atoms with van der Waals surface area (Å²) in [6.07, 6.45) is 0.191. The molecular weight excluding hydrogens is 266 g/mol. The molecule has 0 spiro atoms. The molecule has 1 aromatic heterocycles. The number of aliphatic hydroxyl groups excluding tert-OH is 1. The molecule has 6 heteroatoms. The second-order valence-electron chi connectivity index (χ2n) is 3.57. The number of nitrogens with zero attached hydrogens (tertiary/aromatic N) is 2. The minimum absolute atomic E-state index is 0.0722. The summed E-state index contributed by atoms with van der Waals surface area (Å²) in [5.74, 6) is -0.542. The van der Waals surface area contributed by atoms with E-state index in [9.17, 15) is 9.50 Å².